The van der Waals surface area contributed by atoms with Crippen molar-refractivity contribution >= 4 is 0 Å². The summed E-state index contributed by atoms with van der Waals surface area (Å²) in [4.78, 5) is 2.58. The van der Waals surface area contributed by atoms with Crippen LogP contribution in [0.25, 0.3) is 0 Å². The molecule has 0 saturated carbocycles. The van der Waals surface area contributed by atoms with Gasteiger partial charge in [-0.25, -0.2) is 0 Å². The van der Waals surface area contributed by atoms with E-state index in [1.807, 2.05) is 0 Å². The van der Waals surface area contributed by atoms with Gasteiger partial charge in [-0.3, -0.25) is 4.90 Å². The van der Waals surface area contributed by atoms with Gasteiger partial charge in [0, 0.05) is 38.1 Å². The van der Waals surface area contributed by atoms with Gasteiger partial charge in [0.25, 0.3) is 0 Å². The lowest BCUT2D eigenvalue weighted by molar-refractivity contribution is 0.175. The Balaban J connectivity index is 1.57. The summed E-state index contributed by atoms with van der Waals surface area (Å²) < 4.78 is 5.56. The first-order valence-electron chi connectivity index (χ1n) is 7.44. The molecule has 1 aromatic rings. The predicted molar refractivity (Wildman–Crippen MR) is 77.8 cm³/mol. The minimum Gasteiger partial charge on any atom is -0.493 e. The molecule has 0 spiro atoms. The fourth-order valence-corrected chi connectivity index (χ4v) is 3.31. The molecule has 0 aliphatic carbocycles. The Kier molecular flexibility index (Phi) is 3.76. The van der Waals surface area contributed by atoms with E-state index in [-0.39, 0.29) is 0 Å². The zero-order valence-corrected chi connectivity index (χ0v) is 12.0. The Morgan fingerprint density at radius 1 is 1.26 bits per heavy atom. The van der Waals surface area contributed by atoms with E-state index in [2.05, 4.69) is 42.3 Å². The molecular formula is C16H24N2O. The maximum absolute atomic E-state index is 5.56. The second-order valence-corrected chi connectivity index (χ2v) is 6.02. The van der Waals surface area contributed by atoms with Gasteiger partial charge in [-0.2, -0.15) is 0 Å². The molecule has 104 valence electrons. The number of fused-ring (bicyclic) bond motifs is 1. The van der Waals surface area contributed by atoms with Crippen molar-refractivity contribution in [1.82, 2.24) is 10.2 Å². The Morgan fingerprint density at radius 2 is 2.05 bits per heavy atom. The molecule has 0 amide bonds. The molecule has 1 N–H and O–H groups in total. The van der Waals surface area contributed by atoms with Gasteiger partial charge < -0.3 is 10.1 Å². The number of nitrogens with zero attached hydrogens (tertiary/aromatic N) is 1. The van der Waals surface area contributed by atoms with E-state index in [0.717, 1.165) is 31.7 Å². The highest BCUT2D eigenvalue weighted by Gasteiger charge is 2.20. The molecule has 0 radical (unpaired) electrons. The number of benzene rings is 1. The van der Waals surface area contributed by atoms with Crippen LogP contribution in [-0.4, -0.2) is 43.2 Å². The zero-order valence-electron chi connectivity index (χ0n) is 12.0. The molecule has 19 heavy (non-hydrogen) atoms. The van der Waals surface area contributed by atoms with Crippen LogP contribution in [0.3, 0.4) is 0 Å². The topological polar surface area (TPSA) is 24.5 Å². The van der Waals surface area contributed by atoms with Crippen LogP contribution >= 0.6 is 0 Å². The molecule has 2 unspecified atom stereocenters. The molecule has 3 nitrogen and oxygen atoms in total. The van der Waals surface area contributed by atoms with E-state index in [9.17, 15) is 0 Å². The van der Waals surface area contributed by atoms with Gasteiger partial charge in [-0.1, -0.05) is 12.1 Å². The van der Waals surface area contributed by atoms with Crippen molar-refractivity contribution < 1.29 is 4.74 Å². The van der Waals surface area contributed by atoms with E-state index in [4.69, 9.17) is 4.74 Å². The lowest BCUT2D eigenvalue weighted by Gasteiger charge is -2.36. The van der Waals surface area contributed by atoms with E-state index in [0.29, 0.717) is 12.1 Å². The summed E-state index contributed by atoms with van der Waals surface area (Å²) in [5.74, 6) is 1.09. The summed E-state index contributed by atoms with van der Waals surface area (Å²) in [6.07, 6.45) is 2.22. The van der Waals surface area contributed by atoms with Gasteiger partial charge in [0.1, 0.15) is 5.75 Å². The summed E-state index contributed by atoms with van der Waals surface area (Å²) in [6, 6.07) is 7.91. The van der Waals surface area contributed by atoms with Crippen molar-refractivity contribution in [3.05, 3.63) is 29.3 Å². The fourth-order valence-electron chi connectivity index (χ4n) is 3.31. The van der Waals surface area contributed by atoms with Crippen molar-refractivity contribution in [2.45, 2.75) is 38.8 Å². The molecule has 1 saturated heterocycles. The molecule has 1 fully saturated rings. The third kappa shape index (κ3) is 3.10. The van der Waals surface area contributed by atoms with Crippen molar-refractivity contribution in [2.75, 3.05) is 26.2 Å². The number of rotatable bonds is 3. The number of hydrogen-bond donors (Lipinski definition) is 1. The Hall–Kier alpha value is -1.06. The minimum atomic E-state index is 0.608. The molecule has 1 aromatic carbocycles. The summed E-state index contributed by atoms with van der Waals surface area (Å²) in [5, 5.41) is 3.58. The maximum atomic E-state index is 5.56. The van der Waals surface area contributed by atoms with Crippen LogP contribution in [0.5, 0.6) is 5.75 Å². The predicted octanol–water partition coefficient (Wildman–Crippen LogP) is 1.85. The van der Waals surface area contributed by atoms with Crippen LogP contribution in [-0.2, 0) is 12.8 Å². The van der Waals surface area contributed by atoms with Gasteiger partial charge >= 0.3 is 0 Å². The quantitative estimate of drug-likeness (QED) is 0.897. The third-order valence-electron chi connectivity index (χ3n) is 4.10. The molecule has 2 aliphatic heterocycles. The average Bonchev–Trinajstić information content (AvgIpc) is 2.82. The molecule has 2 aliphatic rings. The lowest BCUT2D eigenvalue weighted by atomic mass is 10.1. The normalized spacial score (nSPS) is 27.1. The Morgan fingerprint density at radius 3 is 2.84 bits per heavy atom. The van der Waals surface area contributed by atoms with Gasteiger partial charge in [-0.15, -0.1) is 0 Å². The van der Waals surface area contributed by atoms with E-state index < -0.39 is 0 Å². The molecule has 3 heteroatoms. The first kappa shape index (κ1) is 12.9. The number of nitrogens with one attached hydrogen (secondary N) is 1. The molecule has 0 aromatic heterocycles. The number of hydrogen-bond acceptors (Lipinski definition) is 3. The third-order valence-corrected chi connectivity index (χ3v) is 4.10. The highest BCUT2D eigenvalue weighted by Crippen LogP contribution is 2.26. The number of piperazine rings is 1. The van der Waals surface area contributed by atoms with E-state index in [1.54, 1.807) is 0 Å². The highest BCUT2D eigenvalue weighted by atomic mass is 16.5. The van der Waals surface area contributed by atoms with Crippen molar-refractivity contribution in [1.29, 1.82) is 0 Å². The monoisotopic (exact) mass is 260 g/mol. The standard InChI is InChI=1S/C16H24N2O/c1-12-10-18(11-13(2)17-12)7-5-14-3-4-16-15(9-14)6-8-19-16/h3-4,9,12-13,17H,5-8,10-11H2,1-2H3. The zero-order chi connectivity index (χ0) is 13.2. The molecular weight excluding hydrogens is 236 g/mol. The minimum absolute atomic E-state index is 0.608. The van der Waals surface area contributed by atoms with Crippen LogP contribution in [0.15, 0.2) is 18.2 Å². The van der Waals surface area contributed by atoms with Crippen LogP contribution < -0.4 is 10.1 Å². The summed E-state index contributed by atoms with van der Waals surface area (Å²) >= 11 is 0. The molecule has 2 heterocycles. The largest absolute Gasteiger partial charge is 0.493 e. The van der Waals surface area contributed by atoms with Crippen molar-refractivity contribution in [3.8, 4) is 5.75 Å². The van der Waals surface area contributed by atoms with Crippen molar-refractivity contribution in [3.63, 3.8) is 0 Å². The smallest absolute Gasteiger partial charge is 0.122 e. The van der Waals surface area contributed by atoms with Gasteiger partial charge in [0.2, 0.25) is 0 Å². The van der Waals surface area contributed by atoms with Crippen molar-refractivity contribution in [2.24, 2.45) is 0 Å². The molecule has 0 bridgehead atoms. The average molecular weight is 260 g/mol. The first-order chi connectivity index (χ1) is 9.20. The highest BCUT2D eigenvalue weighted by molar-refractivity contribution is 5.39. The fraction of sp³-hybridized carbons (Fsp3) is 0.625. The molecule has 3 rings (SSSR count). The van der Waals surface area contributed by atoms with E-state index in [1.165, 1.54) is 24.2 Å². The summed E-state index contributed by atoms with van der Waals surface area (Å²) in [5.41, 5.74) is 2.84. The Bertz CT molecular complexity index is 436. The van der Waals surface area contributed by atoms with Crippen LogP contribution in [0.1, 0.15) is 25.0 Å². The summed E-state index contributed by atoms with van der Waals surface area (Å²) in [7, 11) is 0. The SMILES string of the molecule is CC1CN(CCc2ccc3c(c2)CCO3)CC(C)N1. The van der Waals surface area contributed by atoms with Gasteiger partial charge in [-0.05, 0) is 37.5 Å². The van der Waals surface area contributed by atoms with E-state index >= 15 is 0 Å². The number of ether oxygens (including phenoxy) is 1. The Labute approximate surface area is 115 Å². The molecule has 2 atom stereocenters. The summed E-state index contributed by atoms with van der Waals surface area (Å²) in [6.45, 7) is 8.89. The van der Waals surface area contributed by atoms with Gasteiger partial charge in [0.15, 0.2) is 0 Å². The van der Waals surface area contributed by atoms with Crippen LogP contribution in [0.2, 0.25) is 0 Å². The van der Waals surface area contributed by atoms with Gasteiger partial charge in [0.05, 0.1) is 6.61 Å². The second kappa shape index (κ2) is 5.51. The second-order valence-electron chi connectivity index (χ2n) is 6.02. The van der Waals surface area contributed by atoms with Crippen LogP contribution in [0.4, 0.5) is 0 Å². The lowest BCUT2D eigenvalue weighted by Crippen LogP contribution is -2.54. The first-order valence-corrected chi connectivity index (χ1v) is 7.44. The maximum Gasteiger partial charge on any atom is 0.122 e. The van der Waals surface area contributed by atoms with Crippen LogP contribution in [0, 0.1) is 0 Å².